The maximum absolute atomic E-state index is 13.2. The lowest BCUT2D eigenvalue weighted by molar-refractivity contribution is 0.0557. The highest BCUT2D eigenvalue weighted by Gasteiger charge is 2.46. The van der Waals surface area contributed by atoms with Crippen LogP contribution in [0, 0.1) is 0 Å². The third-order valence-corrected chi connectivity index (χ3v) is 7.09. The molecule has 2 aliphatic rings. The van der Waals surface area contributed by atoms with Gasteiger partial charge in [-0.15, -0.1) is 0 Å². The number of carbonyl (C=O) groups excluding carboxylic acids is 1. The Balaban J connectivity index is 1.92. The Morgan fingerprint density at radius 3 is 2.48 bits per heavy atom. The van der Waals surface area contributed by atoms with Crippen molar-refractivity contribution in [2.45, 2.75) is 49.4 Å². The number of hydrogen-bond acceptors (Lipinski definition) is 5. The van der Waals surface area contributed by atoms with Crippen LogP contribution in [0.4, 0.5) is 0 Å². The molecule has 0 bridgehead atoms. The molecule has 6 nitrogen and oxygen atoms in total. The molecule has 2 aromatic rings. The van der Waals surface area contributed by atoms with E-state index < -0.39 is 0 Å². The predicted octanol–water partition coefficient (Wildman–Crippen LogP) is 3.25. The minimum Gasteiger partial charge on any atom is -0.491 e. The SMILES string of the molecule is COc1c2n(ccc1=O)N1[C@H](c3ccccc3)[C@H](SC(C)C)CC[C@H]1N(C)C2=O. The number of aromatic nitrogens is 1. The molecule has 0 N–H and O–H groups in total. The molecule has 154 valence electrons. The molecule has 0 aliphatic carbocycles. The molecule has 1 fully saturated rings. The monoisotopic (exact) mass is 413 g/mol. The molecule has 2 aliphatic heterocycles. The van der Waals surface area contributed by atoms with Crippen molar-refractivity contribution in [1.29, 1.82) is 0 Å². The van der Waals surface area contributed by atoms with Gasteiger partial charge >= 0.3 is 0 Å². The molecular formula is C22H27N3O3S. The highest BCUT2D eigenvalue weighted by molar-refractivity contribution is 8.00. The fourth-order valence-electron chi connectivity index (χ4n) is 4.51. The number of pyridine rings is 1. The first-order valence-corrected chi connectivity index (χ1v) is 10.9. The van der Waals surface area contributed by atoms with E-state index in [2.05, 4.69) is 43.1 Å². The molecule has 4 rings (SSSR count). The molecule has 0 radical (unpaired) electrons. The lowest BCUT2D eigenvalue weighted by Gasteiger charge is -2.54. The first-order valence-electron chi connectivity index (χ1n) is 10.00. The summed E-state index contributed by atoms with van der Waals surface area (Å²) < 4.78 is 7.22. The van der Waals surface area contributed by atoms with Crippen LogP contribution in [0.3, 0.4) is 0 Å². The molecule has 0 saturated carbocycles. The van der Waals surface area contributed by atoms with Gasteiger partial charge in [0.2, 0.25) is 5.43 Å². The van der Waals surface area contributed by atoms with Crippen molar-refractivity contribution in [2.24, 2.45) is 0 Å². The lowest BCUT2D eigenvalue weighted by atomic mass is 9.93. The Hall–Kier alpha value is -2.41. The van der Waals surface area contributed by atoms with Crippen molar-refractivity contribution in [1.82, 2.24) is 9.58 Å². The van der Waals surface area contributed by atoms with Crippen LogP contribution in [-0.2, 0) is 0 Å². The van der Waals surface area contributed by atoms with E-state index in [-0.39, 0.29) is 29.3 Å². The van der Waals surface area contributed by atoms with Crippen molar-refractivity contribution >= 4 is 17.7 Å². The number of rotatable bonds is 4. The normalized spacial score (nSPS) is 23.8. The smallest absolute Gasteiger partial charge is 0.277 e. The molecule has 3 atom stereocenters. The number of methoxy groups -OCH3 is 1. The highest BCUT2D eigenvalue weighted by Crippen LogP contribution is 2.44. The zero-order valence-electron chi connectivity index (χ0n) is 17.2. The quantitative estimate of drug-likeness (QED) is 0.770. The van der Waals surface area contributed by atoms with E-state index >= 15 is 0 Å². The van der Waals surface area contributed by atoms with Crippen molar-refractivity contribution in [3.63, 3.8) is 0 Å². The van der Waals surface area contributed by atoms with Crippen LogP contribution in [0.5, 0.6) is 5.75 Å². The Morgan fingerprint density at radius 1 is 1.10 bits per heavy atom. The predicted molar refractivity (Wildman–Crippen MR) is 116 cm³/mol. The molecule has 1 aromatic heterocycles. The van der Waals surface area contributed by atoms with Gasteiger partial charge in [-0.3, -0.25) is 19.3 Å². The number of fused-ring (bicyclic) bond motifs is 3. The number of ether oxygens (including phenoxy) is 1. The molecular weight excluding hydrogens is 386 g/mol. The second-order valence-corrected chi connectivity index (χ2v) is 9.66. The van der Waals surface area contributed by atoms with E-state index in [0.29, 0.717) is 16.2 Å². The fourth-order valence-corrected chi connectivity index (χ4v) is 5.92. The summed E-state index contributed by atoms with van der Waals surface area (Å²) >= 11 is 1.97. The van der Waals surface area contributed by atoms with Crippen LogP contribution in [0.15, 0.2) is 47.4 Å². The average molecular weight is 414 g/mol. The summed E-state index contributed by atoms with van der Waals surface area (Å²) in [6.45, 7) is 4.44. The van der Waals surface area contributed by atoms with Gasteiger partial charge in [0.05, 0.1) is 13.2 Å². The average Bonchev–Trinajstić information content (AvgIpc) is 2.71. The summed E-state index contributed by atoms with van der Waals surface area (Å²) in [6, 6.07) is 12.0. The van der Waals surface area contributed by atoms with Gasteiger partial charge in [-0.2, -0.15) is 11.8 Å². The number of carbonyl (C=O) groups is 1. The van der Waals surface area contributed by atoms with Gasteiger partial charge in [-0.25, -0.2) is 0 Å². The van der Waals surface area contributed by atoms with Crippen molar-refractivity contribution < 1.29 is 9.53 Å². The zero-order chi connectivity index (χ0) is 20.7. The molecule has 1 aromatic carbocycles. The molecule has 3 heterocycles. The van der Waals surface area contributed by atoms with Crippen molar-refractivity contribution in [3.05, 3.63) is 64.1 Å². The van der Waals surface area contributed by atoms with Crippen molar-refractivity contribution in [3.8, 4) is 5.75 Å². The van der Waals surface area contributed by atoms with Gasteiger partial charge in [0.15, 0.2) is 11.4 Å². The van der Waals surface area contributed by atoms with Crippen LogP contribution in [-0.4, -0.2) is 46.3 Å². The third kappa shape index (κ3) is 3.31. The lowest BCUT2D eigenvalue weighted by Crippen LogP contribution is -2.64. The van der Waals surface area contributed by atoms with Crippen LogP contribution >= 0.6 is 11.8 Å². The van der Waals surface area contributed by atoms with Gasteiger partial charge in [0, 0.05) is 24.6 Å². The summed E-state index contributed by atoms with van der Waals surface area (Å²) in [4.78, 5) is 27.3. The fraction of sp³-hybridized carbons (Fsp3) is 0.455. The summed E-state index contributed by atoms with van der Waals surface area (Å²) in [5, 5.41) is 3.13. The Labute approximate surface area is 175 Å². The first kappa shape index (κ1) is 19.9. The Kier molecular flexibility index (Phi) is 5.34. The number of piperidine rings is 1. The minimum atomic E-state index is -0.277. The molecule has 1 saturated heterocycles. The Morgan fingerprint density at radius 2 is 1.83 bits per heavy atom. The number of nitrogens with zero attached hydrogens (tertiary/aromatic N) is 3. The largest absolute Gasteiger partial charge is 0.491 e. The summed E-state index contributed by atoms with van der Waals surface area (Å²) in [7, 11) is 3.26. The van der Waals surface area contributed by atoms with E-state index in [9.17, 15) is 9.59 Å². The van der Waals surface area contributed by atoms with E-state index in [1.54, 1.807) is 11.1 Å². The maximum atomic E-state index is 13.2. The van der Waals surface area contributed by atoms with Crippen molar-refractivity contribution in [2.75, 3.05) is 19.2 Å². The van der Waals surface area contributed by atoms with Gasteiger partial charge in [0.25, 0.3) is 5.91 Å². The van der Waals surface area contributed by atoms with Gasteiger partial charge in [0.1, 0.15) is 6.17 Å². The van der Waals surface area contributed by atoms with E-state index in [1.807, 2.05) is 29.6 Å². The van der Waals surface area contributed by atoms with E-state index in [0.717, 1.165) is 12.8 Å². The third-order valence-electron chi connectivity index (χ3n) is 5.70. The Bertz CT molecular complexity index is 960. The van der Waals surface area contributed by atoms with Gasteiger partial charge in [-0.05, 0) is 23.7 Å². The topological polar surface area (TPSA) is 54.8 Å². The standard InChI is InChI=1S/C22H27N3O3S/c1-14(2)29-17-10-11-18-23(3)22(27)20-21(28-4)16(26)12-13-24(20)25(18)19(17)15-8-6-5-7-9-15/h5-9,12-14,17-19H,10-11H2,1-4H3/t17-,18+,19-/m1/s1. The summed E-state index contributed by atoms with van der Waals surface area (Å²) in [6.07, 6.45) is 3.55. The van der Waals surface area contributed by atoms with Crippen LogP contribution in [0.25, 0.3) is 0 Å². The molecule has 0 spiro atoms. The molecule has 0 unspecified atom stereocenters. The second kappa shape index (κ2) is 7.78. The minimum absolute atomic E-state index is 0.0728. The van der Waals surface area contributed by atoms with E-state index in [4.69, 9.17) is 4.74 Å². The highest BCUT2D eigenvalue weighted by atomic mass is 32.2. The first-order chi connectivity index (χ1) is 13.9. The number of thioether (sulfide) groups is 1. The molecule has 1 amide bonds. The van der Waals surface area contributed by atoms with Gasteiger partial charge in [-0.1, -0.05) is 44.2 Å². The maximum Gasteiger partial charge on any atom is 0.277 e. The molecule has 7 heteroatoms. The second-order valence-electron chi connectivity index (χ2n) is 7.84. The van der Waals surface area contributed by atoms with Crippen LogP contribution in [0.2, 0.25) is 0 Å². The number of benzene rings is 1. The van der Waals surface area contributed by atoms with E-state index in [1.165, 1.54) is 18.7 Å². The number of amides is 1. The van der Waals surface area contributed by atoms with Crippen LogP contribution < -0.4 is 15.2 Å². The summed E-state index contributed by atoms with van der Waals surface area (Å²) in [5.41, 5.74) is 1.23. The van der Waals surface area contributed by atoms with Gasteiger partial charge < -0.3 is 9.64 Å². The van der Waals surface area contributed by atoms with Crippen LogP contribution in [0.1, 0.15) is 48.8 Å². The zero-order valence-corrected chi connectivity index (χ0v) is 18.1. The molecule has 29 heavy (non-hydrogen) atoms. The number of hydrogen-bond donors (Lipinski definition) is 0. The summed E-state index contributed by atoms with van der Waals surface area (Å²) in [5.74, 6) is -0.0733.